The molecule has 5 heteroatoms. The summed E-state index contributed by atoms with van der Waals surface area (Å²) >= 11 is 0. The Kier molecular flexibility index (Phi) is 1.67. The molecule has 2 aliphatic heterocycles. The van der Waals surface area contributed by atoms with Crippen LogP contribution in [0.2, 0.25) is 0 Å². The summed E-state index contributed by atoms with van der Waals surface area (Å²) in [6, 6.07) is 3.19. The van der Waals surface area contributed by atoms with Crippen LogP contribution < -0.4 is 10.6 Å². The van der Waals surface area contributed by atoms with Crippen molar-refractivity contribution in [2.45, 2.75) is 0 Å². The first-order chi connectivity index (χ1) is 7.75. The van der Waals surface area contributed by atoms with Crippen LogP contribution in [0.3, 0.4) is 0 Å². The topological polar surface area (TPSA) is 71.2 Å². The fraction of sp³-hybridized carbons (Fsp3) is 0. The van der Waals surface area contributed by atoms with Crippen LogP contribution in [-0.4, -0.2) is 24.4 Å². The Morgan fingerprint density at radius 3 is 2.62 bits per heavy atom. The average Bonchev–Trinajstić information content (AvgIpc) is 2.29. The van der Waals surface area contributed by atoms with Gasteiger partial charge < -0.3 is 0 Å². The zero-order valence-electron chi connectivity index (χ0n) is 8.04. The Morgan fingerprint density at radius 1 is 0.938 bits per heavy atom. The molecule has 2 aliphatic rings. The highest BCUT2D eigenvalue weighted by atomic mass is 16.1. The van der Waals surface area contributed by atoms with E-state index in [0.29, 0.717) is 21.7 Å². The van der Waals surface area contributed by atoms with Gasteiger partial charge in [-0.05, 0) is 23.4 Å². The Bertz CT molecular complexity index is 637. The first-order valence-electron chi connectivity index (χ1n) is 4.63. The molecule has 0 saturated heterocycles. The van der Waals surface area contributed by atoms with Crippen LogP contribution in [0.15, 0.2) is 27.1 Å². The van der Waals surface area contributed by atoms with Gasteiger partial charge in [-0.25, -0.2) is 9.98 Å². The van der Waals surface area contributed by atoms with Gasteiger partial charge in [-0.1, -0.05) is 0 Å². The Labute approximate surface area is 89.6 Å². The summed E-state index contributed by atoms with van der Waals surface area (Å²) in [6.45, 7) is 0. The number of amides is 2. The minimum Gasteiger partial charge on any atom is -0.267 e. The number of rotatable bonds is 0. The Morgan fingerprint density at radius 2 is 1.75 bits per heavy atom. The summed E-state index contributed by atoms with van der Waals surface area (Å²) in [7, 11) is 0. The maximum atomic E-state index is 11.5. The standard InChI is InChI=1S/C11H5N3O2/c15-10-7-4-9-8(11(16)14-5-13-9)3-6(7)1-2-12-10/h1-5H. The van der Waals surface area contributed by atoms with Gasteiger partial charge >= 0.3 is 0 Å². The molecular formula is C11H5N3O2. The molecule has 0 radical (unpaired) electrons. The number of hydrogen-bond donors (Lipinski definition) is 0. The quantitative estimate of drug-likeness (QED) is 0.580. The minimum atomic E-state index is -0.337. The molecule has 1 aromatic rings. The number of hydrogen-bond acceptors (Lipinski definition) is 3. The molecule has 5 nitrogen and oxygen atoms in total. The van der Waals surface area contributed by atoms with E-state index in [1.807, 2.05) is 0 Å². The van der Waals surface area contributed by atoms with E-state index in [1.165, 1.54) is 12.6 Å². The zero-order valence-corrected chi connectivity index (χ0v) is 8.04. The third-order valence-electron chi connectivity index (χ3n) is 2.45. The van der Waals surface area contributed by atoms with Gasteiger partial charge in [0.05, 0.1) is 16.5 Å². The van der Waals surface area contributed by atoms with Crippen LogP contribution in [-0.2, 0) is 0 Å². The normalized spacial score (nSPS) is 16.2. The molecular weight excluding hydrogens is 206 g/mol. The summed E-state index contributed by atoms with van der Waals surface area (Å²) < 4.78 is 0. The van der Waals surface area contributed by atoms with Crippen molar-refractivity contribution >= 4 is 30.4 Å². The second kappa shape index (κ2) is 3.03. The predicted octanol–water partition coefficient (Wildman–Crippen LogP) is -0.507. The van der Waals surface area contributed by atoms with Crippen LogP contribution in [0.4, 0.5) is 0 Å². The Hall–Kier alpha value is -2.43. The molecule has 76 valence electrons. The lowest BCUT2D eigenvalue weighted by atomic mass is 10.0. The van der Waals surface area contributed by atoms with Gasteiger partial charge in [0.1, 0.15) is 6.34 Å². The molecule has 0 aromatic heterocycles. The molecule has 0 atom stereocenters. The van der Waals surface area contributed by atoms with Gasteiger partial charge in [0.2, 0.25) is 0 Å². The number of aliphatic imine (C=N–C) groups is 2. The zero-order chi connectivity index (χ0) is 11.1. The predicted molar refractivity (Wildman–Crippen MR) is 57.3 cm³/mol. The number of benzene rings is 1. The van der Waals surface area contributed by atoms with Gasteiger partial charge in [0, 0.05) is 6.21 Å². The lowest BCUT2D eigenvalue weighted by Crippen LogP contribution is -2.28. The maximum absolute atomic E-state index is 11.5. The van der Waals surface area contributed by atoms with Crippen LogP contribution in [0, 0.1) is 0 Å². The lowest BCUT2D eigenvalue weighted by molar-refractivity contribution is 0.0988. The van der Waals surface area contributed by atoms with Crippen molar-refractivity contribution in [3.63, 3.8) is 0 Å². The number of fused-ring (bicyclic) bond motifs is 2. The summed E-state index contributed by atoms with van der Waals surface area (Å²) in [4.78, 5) is 34.1. The molecule has 0 spiro atoms. The van der Waals surface area contributed by atoms with Gasteiger partial charge in [-0.2, -0.15) is 4.99 Å². The van der Waals surface area contributed by atoms with Gasteiger partial charge in [-0.15, -0.1) is 0 Å². The fourth-order valence-corrected chi connectivity index (χ4v) is 1.67. The van der Waals surface area contributed by atoms with E-state index in [1.54, 1.807) is 18.2 Å². The van der Waals surface area contributed by atoms with Crippen molar-refractivity contribution in [2.24, 2.45) is 15.0 Å². The van der Waals surface area contributed by atoms with E-state index >= 15 is 0 Å². The maximum Gasteiger partial charge on any atom is 0.280 e. The molecule has 0 aliphatic carbocycles. The fourth-order valence-electron chi connectivity index (χ4n) is 1.67. The van der Waals surface area contributed by atoms with Crippen molar-refractivity contribution in [1.82, 2.24) is 0 Å². The summed E-state index contributed by atoms with van der Waals surface area (Å²) in [5, 5.41) is 1.15. The molecule has 2 amide bonds. The lowest BCUT2D eigenvalue weighted by Gasteiger charge is -2.05. The molecule has 1 aromatic carbocycles. The van der Waals surface area contributed by atoms with Gasteiger partial charge in [-0.3, -0.25) is 9.59 Å². The van der Waals surface area contributed by atoms with Crippen LogP contribution in [0.5, 0.6) is 0 Å². The van der Waals surface area contributed by atoms with E-state index in [2.05, 4.69) is 15.0 Å². The minimum absolute atomic E-state index is 0.314. The van der Waals surface area contributed by atoms with Crippen LogP contribution in [0.25, 0.3) is 6.08 Å². The number of carbonyl (C=O) groups excluding carboxylic acids is 2. The first-order valence-corrected chi connectivity index (χ1v) is 4.63. The summed E-state index contributed by atoms with van der Waals surface area (Å²) in [6.07, 6.45) is 4.30. The van der Waals surface area contributed by atoms with E-state index in [-0.39, 0.29) is 11.8 Å². The highest BCUT2D eigenvalue weighted by molar-refractivity contribution is 6.10. The highest BCUT2D eigenvalue weighted by Gasteiger charge is 2.15. The number of nitrogens with zero attached hydrogens (tertiary/aromatic N) is 3. The second-order valence-corrected chi connectivity index (χ2v) is 3.39. The molecule has 0 bridgehead atoms. The van der Waals surface area contributed by atoms with E-state index in [0.717, 1.165) is 0 Å². The molecule has 2 heterocycles. The smallest absolute Gasteiger partial charge is 0.267 e. The van der Waals surface area contributed by atoms with E-state index in [9.17, 15) is 9.59 Å². The van der Waals surface area contributed by atoms with Gasteiger partial charge in [0.25, 0.3) is 11.8 Å². The largest absolute Gasteiger partial charge is 0.280 e. The van der Waals surface area contributed by atoms with Crippen molar-refractivity contribution < 1.29 is 9.59 Å². The molecule has 0 unspecified atom stereocenters. The van der Waals surface area contributed by atoms with Crippen molar-refractivity contribution in [2.75, 3.05) is 0 Å². The van der Waals surface area contributed by atoms with E-state index in [4.69, 9.17) is 0 Å². The summed E-state index contributed by atoms with van der Waals surface area (Å²) in [5.74, 6) is -0.651. The first kappa shape index (κ1) is 8.84. The SMILES string of the molecule is O=C1N=CC=c2cc3c(cc21)=NC=NC3=O. The van der Waals surface area contributed by atoms with Crippen LogP contribution in [0.1, 0.15) is 20.7 Å². The highest BCUT2D eigenvalue weighted by Crippen LogP contribution is 2.01. The van der Waals surface area contributed by atoms with Gasteiger partial charge in [0.15, 0.2) is 0 Å². The van der Waals surface area contributed by atoms with Crippen LogP contribution >= 0.6 is 0 Å². The summed E-state index contributed by atoms with van der Waals surface area (Å²) in [5.41, 5.74) is 0.883. The Balaban J connectivity index is 2.43. The van der Waals surface area contributed by atoms with Crippen molar-refractivity contribution in [1.29, 1.82) is 0 Å². The van der Waals surface area contributed by atoms with Crippen molar-refractivity contribution in [3.05, 3.63) is 33.8 Å². The molecule has 3 rings (SSSR count). The third-order valence-corrected chi connectivity index (χ3v) is 2.45. The monoisotopic (exact) mass is 211 g/mol. The molecule has 0 N–H and O–H groups in total. The molecule has 0 fully saturated rings. The van der Waals surface area contributed by atoms with E-state index < -0.39 is 0 Å². The van der Waals surface area contributed by atoms with Crippen molar-refractivity contribution in [3.8, 4) is 0 Å². The third kappa shape index (κ3) is 1.15. The average molecular weight is 211 g/mol. The second-order valence-electron chi connectivity index (χ2n) is 3.39. The molecule has 16 heavy (non-hydrogen) atoms. The molecule has 0 saturated carbocycles. The number of carbonyl (C=O) groups is 2.